The highest BCUT2D eigenvalue weighted by molar-refractivity contribution is 7.53. The molecule has 0 fully saturated rings. The molecule has 0 aromatic heterocycles. The topological polar surface area (TPSA) is 222 Å². The Kier molecular flexibility index (Phi) is 18.7. The third-order valence-corrected chi connectivity index (χ3v) is 13.9. The van der Waals surface area contributed by atoms with Crippen molar-refractivity contribution < 1.29 is 56.9 Å². The summed E-state index contributed by atoms with van der Waals surface area (Å²) in [5, 5.41) is 16.3. The Bertz CT molecular complexity index is 2370. The van der Waals surface area contributed by atoms with E-state index in [1.165, 1.54) is 16.5 Å². The van der Waals surface area contributed by atoms with Crippen LogP contribution in [0.5, 0.6) is 0 Å². The lowest BCUT2D eigenvalue weighted by atomic mass is 9.96. The normalized spacial score (nSPS) is 18.4. The highest BCUT2D eigenvalue weighted by Gasteiger charge is 2.44. The second-order valence-electron chi connectivity index (χ2n) is 20.3. The quantitative estimate of drug-likeness (QED) is 0.0331. The van der Waals surface area contributed by atoms with Crippen LogP contribution in [0.3, 0.4) is 0 Å². The van der Waals surface area contributed by atoms with Crippen molar-refractivity contribution in [1.82, 2.24) is 10.6 Å². The molecular weight excluding hydrogens is 904 g/mol. The van der Waals surface area contributed by atoms with Crippen LogP contribution >= 0.6 is 7.60 Å². The van der Waals surface area contributed by atoms with Gasteiger partial charge in [0.25, 0.3) is 0 Å². The first kappa shape index (κ1) is 54.7. The summed E-state index contributed by atoms with van der Waals surface area (Å²) in [7, 11) is -4.00. The second kappa shape index (κ2) is 23.6. The van der Waals surface area contributed by atoms with E-state index in [0.717, 1.165) is 16.7 Å². The fourth-order valence-electron chi connectivity index (χ4n) is 7.84. The molecule has 2 unspecified atom stereocenters. The van der Waals surface area contributed by atoms with E-state index in [-0.39, 0.29) is 25.4 Å². The number of aryl methyl sites for hydroxylation is 1. The molecule has 5 rings (SSSR count). The van der Waals surface area contributed by atoms with Gasteiger partial charge in [-0.2, -0.15) is 0 Å². The SMILES string of the molecule is C/C(=C\C(=O)N[C@H]1CCc2cccc3c2N(C1=O)[C@H](C(=O)N[C@@H](CCC(N)=O)[C@@H](C)OCc1ccc(C(C)C)cc1)C3)c1ccc(CP(=O)(OCOC(=O)C(C)(C)C)OCOC(O)C(C)(C)C)cc1. The van der Waals surface area contributed by atoms with Gasteiger partial charge in [-0.3, -0.25) is 42.5 Å². The Morgan fingerprint density at radius 1 is 0.899 bits per heavy atom. The van der Waals surface area contributed by atoms with Crippen molar-refractivity contribution in [1.29, 1.82) is 0 Å². The molecule has 4 amide bonds. The summed E-state index contributed by atoms with van der Waals surface area (Å²) in [6, 6.07) is 18.3. The number of allylic oxidation sites excluding steroid dienone is 1. The van der Waals surface area contributed by atoms with Crippen LogP contribution in [0.2, 0.25) is 0 Å². The van der Waals surface area contributed by atoms with E-state index < -0.39 is 92.1 Å². The highest BCUT2D eigenvalue weighted by Crippen LogP contribution is 2.52. The molecule has 2 aliphatic rings. The number of aliphatic hydroxyl groups is 1. The molecule has 0 spiro atoms. The smallest absolute Gasteiger partial charge is 0.340 e. The average molecular weight is 975 g/mol. The Hall–Kier alpha value is -5.22. The summed E-state index contributed by atoms with van der Waals surface area (Å²) in [6.07, 6.45) is 0.755. The molecule has 0 saturated heterocycles. The average Bonchev–Trinajstić information content (AvgIpc) is 3.62. The molecule has 376 valence electrons. The molecule has 17 heteroatoms. The summed E-state index contributed by atoms with van der Waals surface area (Å²) < 4.78 is 41.7. The second-order valence-corrected chi connectivity index (χ2v) is 22.4. The third-order valence-electron chi connectivity index (χ3n) is 12.2. The highest BCUT2D eigenvalue weighted by atomic mass is 31.2. The van der Waals surface area contributed by atoms with E-state index in [9.17, 15) is 33.6 Å². The first-order valence-corrected chi connectivity index (χ1v) is 25.2. The number of ether oxygens (including phenoxy) is 3. The predicted octanol–water partition coefficient (Wildman–Crippen LogP) is 7.57. The molecule has 5 N–H and O–H groups in total. The number of nitrogens with two attached hydrogens (primary N) is 1. The van der Waals surface area contributed by atoms with Gasteiger partial charge in [0.15, 0.2) is 13.1 Å². The number of esters is 1. The minimum atomic E-state index is -4.00. The number of benzene rings is 3. The number of nitrogens with zero attached hydrogens (tertiary/aromatic N) is 1. The first-order valence-electron chi connectivity index (χ1n) is 23.5. The van der Waals surface area contributed by atoms with Crippen LogP contribution in [0.25, 0.3) is 5.57 Å². The van der Waals surface area contributed by atoms with E-state index in [4.69, 9.17) is 29.0 Å². The zero-order valence-electron chi connectivity index (χ0n) is 41.7. The lowest BCUT2D eigenvalue weighted by molar-refractivity contribution is -0.192. The van der Waals surface area contributed by atoms with Gasteiger partial charge in [-0.1, -0.05) is 101 Å². The van der Waals surface area contributed by atoms with Crippen LogP contribution in [-0.4, -0.2) is 78.8 Å². The number of nitrogens with one attached hydrogen (secondary N) is 2. The number of primary amides is 1. The number of amides is 4. The number of hydrogen-bond donors (Lipinski definition) is 4. The Labute approximate surface area is 406 Å². The first-order chi connectivity index (χ1) is 32.3. The van der Waals surface area contributed by atoms with Gasteiger partial charge in [-0.05, 0) is 98.8 Å². The minimum Gasteiger partial charge on any atom is -0.438 e. The molecule has 0 saturated carbocycles. The van der Waals surface area contributed by atoms with Crippen LogP contribution in [0.4, 0.5) is 5.69 Å². The zero-order chi connectivity index (χ0) is 50.8. The number of carbonyl (C=O) groups excluding carboxylic acids is 5. The van der Waals surface area contributed by atoms with Gasteiger partial charge in [0.05, 0.1) is 36.0 Å². The van der Waals surface area contributed by atoms with Crippen molar-refractivity contribution in [2.24, 2.45) is 16.6 Å². The Morgan fingerprint density at radius 3 is 2.16 bits per heavy atom. The largest absolute Gasteiger partial charge is 0.438 e. The summed E-state index contributed by atoms with van der Waals surface area (Å²) in [4.78, 5) is 68.2. The molecule has 0 bridgehead atoms. The predicted molar refractivity (Wildman–Crippen MR) is 262 cm³/mol. The number of rotatable bonds is 22. The fourth-order valence-corrected chi connectivity index (χ4v) is 9.19. The van der Waals surface area contributed by atoms with Gasteiger partial charge >= 0.3 is 13.6 Å². The van der Waals surface area contributed by atoms with Crippen LogP contribution in [0.15, 0.2) is 72.8 Å². The van der Waals surface area contributed by atoms with Gasteiger partial charge in [-0.15, -0.1) is 0 Å². The van der Waals surface area contributed by atoms with Crippen LogP contribution in [0, 0.1) is 10.8 Å². The lowest BCUT2D eigenvalue weighted by Gasteiger charge is -2.31. The minimum absolute atomic E-state index is 0.0226. The van der Waals surface area contributed by atoms with E-state index in [2.05, 4.69) is 36.6 Å². The van der Waals surface area contributed by atoms with E-state index in [1.807, 2.05) is 37.3 Å². The number of hydrogen-bond acceptors (Lipinski definition) is 12. The van der Waals surface area contributed by atoms with Crippen molar-refractivity contribution in [3.05, 3.63) is 106 Å². The van der Waals surface area contributed by atoms with Gasteiger partial charge in [-0.25, -0.2) is 0 Å². The van der Waals surface area contributed by atoms with E-state index in [1.54, 1.807) is 72.7 Å². The summed E-state index contributed by atoms with van der Waals surface area (Å²) in [6.45, 7) is 17.2. The summed E-state index contributed by atoms with van der Waals surface area (Å²) in [5.41, 5.74) is 10.5. The van der Waals surface area contributed by atoms with Crippen molar-refractivity contribution in [3.63, 3.8) is 0 Å². The zero-order valence-corrected chi connectivity index (χ0v) is 42.6. The summed E-state index contributed by atoms with van der Waals surface area (Å²) >= 11 is 0. The van der Waals surface area contributed by atoms with Gasteiger partial charge in [0.2, 0.25) is 30.4 Å². The molecule has 0 aliphatic carbocycles. The van der Waals surface area contributed by atoms with Crippen LogP contribution in [-0.2, 0) is 77.4 Å². The maximum absolute atomic E-state index is 14.5. The van der Waals surface area contributed by atoms with Crippen molar-refractivity contribution in [2.45, 2.75) is 151 Å². The molecule has 0 radical (unpaired) electrons. The maximum Gasteiger partial charge on any atom is 0.340 e. The van der Waals surface area contributed by atoms with Crippen molar-refractivity contribution >= 4 is 48.5 Å². The number of para-hydroxylation sites is 1. The van der Waals surface area contributed by atoms with Crippen molar-refractivity contribution in [2.75, 3.05) is 18.5 Å². The molecule has 16 nitrogen and oxygen atoms in total. The number of anilines is 1. The summed E-state index contributed by atoms with van der Waals surface area (Å²) in [5.74, 6) is -2.01. The lowest BCUT2D eigenvalue weighted by Crippen LogP contribution is -2.56. The van der Waals surface area contributed by atoms with Gasteiger partial charge in [0, 0.05) is 24.3 Å². The van der Waals surface area contributed by atoms with Gasteiger partial charge < -0.3 is 35.7 Å². The van der Waals surface area contributed by atoms with Gasteiger partial charge in [0.1, 0.15) is 12.1 Å². The molecular formula is C52H71N4O12P. The van der Waals surface area contributed by atoms with Crippen LogP contribution in [0.1, 0.15) is 128 Å². The molecule has 2 heterocycles. The van der Waals surface area contributed by atoms with E-state index in [0.29, 0.717) is 47.8 Å². The Balaban J connectivity index is 1.26. The Morgan fingerprint density at radius 2 is 1.54 bits per heavy atom. The van der Waals surface area contributed by atoms with Crippen LogP contribution < -0.4 is 21.3 Å². The number of aliphatic hydroxyl groups excluding tert-OH is 1. The van der Waals surface area contributed by atoms with Crippen molar-refractivity contribution in [3.8, 4) is 0 Å². The monoisotopic (exact) mass is 974 g/mol. The standard InChI is InChI=1S/C52H71N4O12P/c1-32(2)37-18-14-35(15-19-37)28-64-34(4)41(24-25-44(53)57)55-47(59)43-27-40-13-11-12-39-22-23-42(48(60)56(43)46(39)40)54-45(58)26-33(3)38-20-16-36(17-21-38)29-69(63,67-30-65-49(61)51(5,6)7)68-31-66-50(62)52(8,9)10/h11-21,26,32,34,41-43,49,61H,22-25,27-31H2,1-10H3,(H2,53,57)(H,54,58)(H,55,59)/b33-26+/t34-,41+,42+,43+,49?,69?/m1/s1. The molecule has 6 atom stereocenters. The molecule has 3 aromatic rings. The molecule has 69 heavy (non-hydrogen) atoms. The molecule has 3 aromatic carbocycles. The number of carbonyl (C=O) groups is 5. The van der Waals surface area contributed by atoms with E-state index >= 15 is 0 Å². The molecule has 2 aliphatic heterocycles. The third kappa shape index (κ3) is 15.4. The fraction of sp³-hybridized carbons (Fsp3) is 0.519. The maximum atomic E-state index is 14.5.